The van der Waals surface area contributed by atoms with Crippen LogP contribution in [-0.4, -0.2) is 20.7 Å². The Morgan fingerprint density at radius 2 is 1.71 bits per heavy atom. The fraction of sp³-hybridized carbons (Fsp3) is 0.0909. The molecule has 0 saturated heterocycles. The van der Waals surface area contributed by atoms with Crippen LogP contribution in [-0.2, 0) is 11.3 Å². The van der Waals surface area contributed by atoms with E-state index in [-0.39, 0.29) is 23.9 Å². The molecule has 138 valence electrons. The third kappa shape index (κ3) is 3.66. The lowest BCUT2D eigenvalue weighted by Crippen LogP contribution is -2.33. The van der Waals surface area contributed by atoms with Crippen molar-refractivity contribution in [3.05, 3.63) is 107 Å². The first-order chi connectivity index (χ1) is 13.7. The number of amides is 1. The summed E-state index contributed by atoms with van der Waals surface area (Å²) in [4.78, 5) is 29.2. The molecular weight excluding hydrogens is 352 g/mol. The van der Waals surface area contributed by atoms with Crippen LogP contribution in [0.5, 0.6) is 0 Å². The maximum atomic E-state index is 12.8. The molecule has 1 unspecified atom stereocenters. The fourth-order valence-electron chi connectivity index (χ4n) is 3.15. The number of nitrogens with one attached hydrogen (secondary N) is 1. The van der Waals surface area contributed by atoms with E-state index in [0.29, 0.717) is 10.9 Å². The van der Waals surface area contributed by atoms with E-state index in [9.17, 15) is 9.59 Å². The second kappa shape index (κ2) is 7.84. The minimum Gasteiger partial charge on any atom is -0.342 e. The third-order valence-corrected chi connectivity index (χ3v) is 4.48. The van der Waals surface area contributed by atoms with Crippen molar-refractivity contribution < 1.29 is 4.79 Å². The van der Waals surface area contributed by atoms with Crippen molar-refractivity contribution in [3.63, 3.8) is 0 Å². The van der Waals surface area contributed by atoms with Gasteiger partial charge in [-0.05, 0) is 29.8 Å². The summed E-state index contributed by atoms with van der Waals surface area (Å²) < 4.78 is 1.53. The van der Waals surface area contributed by atoms with Gasteiger partial charge in [0.15, 0.2) is 0 Å². The van der Waals surface area contributed by atoms with Crippen molar-refractivity contribution in [2.75, 3.05) is 0 Å². The van der Waals surface area contributed by atoms with Gasteiger partial charge in [-0.2, -0.15) is 5.10 Å². The van der Waals surface area contributed by atoms with E-state index in [2.05, 4.69) is 15.4 Å². The molecule has 0 bridgehead atoms. The molecule has 1 N–H and O–H groups in total. The second-order valence-electron chi connectivity index (χ2n) is 6.35. The van der Waals surface area contributed by atoms with E-state index in [1.165, 1.54) is 10.9 Å². The Bertz CT molecular complexity index is 1120. The molecular formula is C22H18N4O2. The molecule has 1 atom stereocenters. The second-order valence-corrected chi connectivity index (χ2v) is 6.35. The first-order valence-corrected chi connectivity index (χ1v) is 8.92. The van der Waals surface area contributed by atoms with Gasteiger partial charge in [-0.3, -0.25) is 19.3 Å². The van der Waals surface area contributed by atoms with Gasteiger partial charge in [-0.1, -0.05) is 48.5 Å². The van der Waals surface area contributed by atoms with Crippen LogP contribution in [0.1, 0.15) is 17.3 Å². The van der Waals surface area contributed by atoms with Crippen molar-refractivity contribution in [1.29, 1.82) is 0 Å². The smallest absolute Gasteiger partial charge is 0.242 e. The molecule has 0 fully saturated rings. The maximum Gasteiger partial charge on any atom is 0.242 e. The van der Waals surface area contributed by atoms with E-state index in [1.807, 2.05) is 54.6 Å². The lowest BCUT2D eigenvalue weighted by molar-refractivity contribution is -0.122. The quantitative estimate of drug-likeness (QED) is 0.586. The van der Waals surface area contributed by atoms with Crippen molar-refractivity contribution in [3.8, 4) is 0 Å². The van der Waals surface area contributed by atoms with Crippen molar-refractivity contribution in [2.24, 2.45) is 0 Å². The van der Waals surface area contributed by atoms with E-state index >= 15 is 0 Å². The van der Waals surface area contributed by atoms with E-state index in [1.54, 1.807) is 24.4 Å². The molecule has 0 saturated carbocycles. The van der Waals surface area contributed by atoms with Gasteiger partial charge in [0.05, 0.1) is 23.4 Å². The molecule has 0 aliphatic heterocycles. The normalized spacial score (nSPS) is 11.9. The third-order valence-electron chi connectivity index (χ3n) is 4.48. The summed E-state index contributed by atoms with van der Waals surface area (Å²) >= 11 is 0. The molecule has 2 heterocycles. The van der Waals surface area contributed by atoms with Crippen LogP contribution in [0, 0.1) is 0 Å². The number of aromatic nitrogens is 3. The van der Waals surface area contributed by atoms with Gasteiger partial charge < -0.3 is 5.32 Å². The Morgan fingerprint density at radius 1 is 0.964 bits per heavy atom. The molecule has 6 nitrogen and oxygen atoms in total. The summed E-state index contributed by atoms with van der Waals surface area (Å²) in [5.74, 6) is -0.221. The molecule has 1 amide bonds. The Morgan fingerprint density at radius 3 is 2.50 bits per heavy atom. The number of carbonyl (C=O) groups is 1. The van der Waals surface area contributed by atoms with Crippen LogP contribution < -0.4 is 10.7 Å². The number of nitrogens with zero attached hydrogens (tertiary/aromatic N) is 3. The molecule has 2 aromatic carbocycles. The Kier molecular flexibility index (Phi) is 4.93. The van der Waals surface area contributed by atoms with Gasteiger partial charge in [-0.15, -0.1) is 0 Å². The zero-order valence-corrected chi connectivity index (χ0v) is 15.0. The standard InChI is InChI=1S/C22H18N4O2/c27-20-14-24-26(19-12-5-4-10-17(19)20)15-21(28)25-22(16-8-2-1-3-9-16)18-11-6-7-13-23-18/h1-14,22H,15H2,(H,25,28). The van der Waals surface area contributed by atoms with Crippen molar-refractivity contribution in [2.45, 2.75) is 12.6 Å². The van der Waals surface area contributed by atoms with Crippen molar-refractivity contribution in [1.82, 2.24) is 20.1 Å². The number of fused-ring (bicyclic) bond motifs is 1. The van der Waals surface area contributed by atoms with Gasteiger partial charge in [0.2, 0.25) is 11.3 Å². The minimum absolute atomic E-state index is 0.00302. The number of rotatable bonds is 5. The van der Waals surface area contributed by atoms with Gasteiger partial charge in [-0.25, -0.2) is 0 Å². The summed E-state index contributed by atoms with van der Waals surface area (Å²) in [7, 11) is 0. The number of carbonyl (C=O) groups excluding carboxylic acids is 1. The van der Waals surface area contributed by atoms with Gasteiger partial charge >= 0.3 is 0 Å². The van der Waals surface area contributed by atoms with E-state index in [0.717, 1.165) is 11.3 Å². The van der Waals surface area contributed by atoms with Crippen LogP contribution in [0.25, 0.3) is 10.9 Å². The van der Waals surface area contributed by atoms with Crippen LogP contribution in [0.4, 0.5) is 0 Å². The lowest BCUT2D eigenvalue weighted by Gasteiger charge is -2.19. The topological polar surface area (TPSA) is 76.9 Å². The summed E-state index contributed by atoms with van der Waals surface area (Å²) in [5, 5.41) is 7.70. The fourth-order valence-corrected chi connectivity index (χ4v) is 3.15. The number of pyridine rings is 1. The highest BCUT2D eigenvalue weighted by Crippen LogP contribution is 2.20. The molecule has 2 aromatic heterocycles. The predicted octanol–water partition coefficient (Wildman–Crippen LogP) is 2.70. The number of hydrogen-bond acceptors (Lipinski definition) is 4. The maximum absolute atomic E-state index is 12.8. The largest absolute Gasteiger partial charge is 0.342 e. The molecule has 28 heavy (non-hydrogen) atoms. The summed E-state index contributed by atoms with van der Waals surface area (Å²) in [6, 6.07) is 22.0. The Hall–Kier alpha value is -3.80. The van der Waals surface area contributed by atoms with Gasteiger partial charge in [0.25, 0.3) is 0 Å². The van der Waals surface area contributed by atoms with Gasteiger partial charge in [0, 0.05) is 11.6 Å². The molecule has 4 aromatic rings. The number of benzene rings is 2. The highest BCUT2D eigenvalue weighted by molar-refractivity contribution is 5.81. The summed E-state index contributed by atoms with van der Waals surface area (Å²) in [5.41, 5.74) is 2.15. The Balaban J connectivity index is 1.63. The van der Waals surface area contributed by atoms with E-state index in [4.69, 9.17) is 0 Å². The first-order valence-electron chi connectivity index (χ1n) is 8.92. The average Bonchev–Trinajstić information content (AvgIpc) is 2.75. The average molecular weight is 370 g/mol. The SMILES string of the molecule is O=C(Cn1ncc(=O)c2ccccc21)NC(c1ccccc1)c1ccccn1. The monoisotopic (exact) mass is 370 g/mol. The molecule has 0 aliphatic carbocycles. The van der Waals surface area contributed by atoms with Crippen LogP contribution in [0.15, 0.2) is 90.0 Å². The predicted molar refractivity (Wildman–Crippen MR) is 107 cm³/mol. The van der Waals surface area contributed by atoms with Crippen LogP contribution in [0.2, 0.25) is 0 Å². The Labute approximate surface area is 161 Å². The molecule has 0 aliphatic rings. The molecule has 6 heteroatoms. The van der Waals surface area contributed by atoms with Gasteiger partial charge in [0.1, 0.15) is 6.54 Å². The summed E-state index contributed by atoms with van der Waals surface area (Å²) in [6.07, 6.45) is 2.94. The van der Waals surface area contributed by atoms with Crippen LogP contribution >= 0.6 is 0 Å². The number of para-hydroxylation sites is 1. The highest BCUT2D eigenvalue weighted by atomic mass is 16.2. The highest BCUT2D eigenvalue weighted by Gasteiger charge is 2.18. The van der Waals surface area contributed by atoms with E-state index < -0.39 is 0 Å². The number of hydrogen-bond donors (Lipinski definition) is 1. The zero-order chi connectivity index (χ0) is 19.3. The lowest BCUT2D eigenvalue weighted by atomic mass is 10.0. The van der Waals surface area contributed by atoms with Crippen molar-refractivity contribution >= 4 is 16.8 Å². The molecule has 4 rings (SSSR count). The van der Waals surface area contributed by atoms with Crippen LogP contribution in [0.3, 0.4) is 0 Å². The summed E-state index contributed by atoms with van der Waals surface area (Å²) in [6.45, 7) is -0.00302. The minimum atomic E-state index is -0.374. The molecule has 0 spiro atoms. The first kappa shape index (κ1) is 17.6. The zero-order valence-electron chi connectivity index (χ0n) is 15.0. The molecule has 0 radical (unpaired) electrons.